The average Bonchev–Trinajstić information content (AvgIpc) is 3.15. The average molecular weight is 356 g/mol. The Balaban J connectivity index is 1.66. The predicted octanol–water partition coefficient (Wildman–Crippen LogP) is 2.81. The van der Waals surface area contributed by atoms with Gasteiger partial charge in [-0.05, 0) is 42.5 Å². The summed E-state index contributed by atoms with van der Waals surface area (Å²) in [5.74, 6) is 2.39. The zero-order valence-corrected chi connectivity index (χ0v) is 15.4. The topological polar surface area (TPSA) is 60.9 Å². The first-order valence-corrected chi connectivity index (χ1v) is 8.64. The summed E-state index contributed by atoms with van der Waals surface area (Å²) in [5.41, 5.74) is 1.75. The molecule has 0 aliphatic carbocycles. The molecule has 2 aromatic rings. The Labute approximate surface area is 153 Å². The van der Waals surface area contributed by atoms with E-state index in [1.807, 2.05) is 17.0 Å². The molecule has 0 saturated carbocycles. The molecule has 0 spiro atoms. The maximum atomic E-state index is 12.8. The minimum Gasteiger partial charge on any atom is -0.494 e. The van der Waals surface area contributed by atoms with Crippen LogP contribution < -0.4 is 14.2 Å². The molecule has 3 rings (SSSR count). The first kappa shape index (κ1) is 18.0. The van der Waals surface area contributed by atoms with Crippen molar-refractivity contribution in [3.63, 3.8) is 0 Å². The maximum absolute atomic E-state index is 12.8. The number of hydrogen-bond acceptors (Lipinski definition) is 5. The minimum absolute atomic E-state index is 0.000869. The van der Waals surface area contributed by atoms with E-state index in [1.165, 1.54) is 5.56 Å². The number of carbonyl (C=O) groups excluding carboxylic acids is 1. The van der Waals surface area contributed by atoms with E-state index in [4.69, 9.17) is 14.2 Å². The van der Waals surface area contributed by atoms with Crippen molar-refractivity contribution >= 4 is 5.91 Å². The van der Waals surface area contributed by atoms with E-state index in [0.29, 0.717) is 17.2 Å². The molecule has 1 fully saturated rings. The molecule has 1 aliphatic heterocycles. The molecule has 138 valence electrons. The van der Waals surface area contributed by atoms with Crippen molar-refractivity contribution in [2.24, 2.45) is 5.92 Å². The van der Waals surface area contributed by atoms with E-state index in [2.05, 4.69) is 11.1 Å². The second kappa shape index (κ2) is 8.08. The minimum atomic E-state index is -0.000869. The molecule has 6 heteroatoms. The van der Waals surface area contributed by atoms with Gasteiger partial charge in [-0.3, -0.25) is 9.78 Å². The summed E-state index contributed by atoms with van der Waals surface area (Å²) >= 11 is 0. The van der Waals surface area contributed by atoms with Gasteiger partial charge in [0.25, 0.3) is 5.91 Å². The Kier molecular flexibility index (Phi) is 5.61. The van der Waals surface area contributed by atoms with E-state index in [9.17, 15) is 4.79 Å². The van der Waals surface area contributed by atoms with Crippen LogP contribution in [0.2, 0.25) is 0 Å². The molecule has 0 bridgehead atoms. The van der Waals surface area contributed by atoms with Gasteiger partial charge in [-0.15, -0.1) is 0 Å². The van der Waals surface area contributed by atoms with Gasteiger partial charge in [-0.2, -0.15) is 0 Å². The number of methoxy groups -OCH3 is 3. The second-order valence-corrected chi connectivity index (χ2v) is 6.38. The number of carbonyl (C=O) groups is 1. The number of benzene rings is 1. The zero-order valence-electron chi connectivity index (χ0n) is 15.4. The molecule has 0 N–H and O–H groups in total. The summed E-state index contributed by atoms with van der Waals surface area (Å²) in [6, 6.07) is 7.70. The fourth-order valence-corrected chi connectivity index (χ4v) is 3.41. The van der Waals surface area contributed by atoms with Crippen LogP contribution in [0.15, 0.2) is 36.7 Å². The lowest BCUT2D eigenvalue weighted by Gasteiger charge is -2.18. The molecule has 1 aromatic heterocycles. The SMILES string of the molecule is COc1ccc(CC2CCN(C(=O)c3ccncc3OC)C2)cc1OC. The Morgan fingerprint density at radius 3 is 2.62 bits per heavy atom. The van der Waals surface area contributed by atoms with Crippen LogP contribution in [-0.2, 0) is 6.42 Å². The first-order chi connectivity index (χ1) is 12.7. The van der Waals surface area contributed by atoms with Crippen LogP contribution in [0.4, 0.5) is 0 Å². The molecule has 6 nitrogen and oxygen atoms in total. The quantitative estimate of drug-likeness (QED) is 0.796. The number of amides is 1. The third-order valence-corrected chi connectivity index (χ3v) is 4.78. The van der Waals surface area contributed by atoms with Gasteiger partial charge in [-0.25, -0.2) is 0 Å². The molecule has 2 heterocycles. The summed E-state index contributed by atoms with van der Waals surface area (Å²) in [4.78, 5) is 18.7. The monoisotopic (exact) mass is 356 g/mol. The standard InChI is InChI=1S/C20H24N2O4/c1-24-17-5-4-14(11-18(17)25-2)10-15-7-9-22(13-15)20(23)16-6-8-21-12-19(16)26-3/h4-6,8,11-12,15H,7,9-10,13H2,1-3H3. The van der Waals surface area contributed by atoms with Crippen molar-refractivity contribution < 1.29 is 19.0 Å². The van der Waals surface area contributed by atoms with Crippen molar-refractivity contribution in [1.29, 1.82) is 0 Å². The van der Waals surface area contributed by atoms with E-state index in [1.54, 1.807) is 39.8 Å². The number of ether oxygens (including phenoxy) is 3. The second-order valence-electron chi connectivity index (χ2n) is 6.38. The fourth-order valence-electron chi connectivity index (χ4n) is 3.41. The van der Waals surface area contributed by atoms with Gasteiger partial charge in [0, 0.05) is 19.3 Å². The number of nitrogens with zero attached hydrogens (tertiary/aromatic N) is 2. The largest absolute Gasteiger partial charge is 0.494 e. The highest BCUT2D eigenvalue weighted by molar-refractivity contribution is 5.96. The number of aromatic nitrogens is 1. The number of pyridine rings is 1. The molecule has 1 unspecified atom stereocenters. The number of rotatable bonds is 6. The normalized spacial score (nSPS) is 16.4. The third kappa shape index (κ3) is 3.74. The summed E-state index contributed by atoms with van der Waals surface area (Å²) in [7, 11) is 4.82. The summed E-state index contributed by atoms with van der Waals surface area (Å²) in [6.07, 6.45) is 5.07. The molecular weight excluding hydrogens is 332 g/mol. The molecule has 26 heavy (non-hydrogen) atoms. The van der Waals surface area contributed by atoms with Crippen LogP contribution in [-0.4, -0.2) is 50.2 Å². The van der Waals surface area contributed by atoms with E-state index in [-0.39, 0.29) is 5.91 Å². The van der Waals surface area contributed by atoms with Crippen LogP contribution in [0, 0.1) is 5.92 Å². The van der Waals surface area contributed by atoms with Crippen LogP contribution in [0.25, 0.3) is 0 Å². The number of hydrogen-bond donors (Lipinski definition) is 0. The molecule has 1 atom stereocenters. The number of likely N-dealkylation sites (tertiary alicyclic amines) is 1. The van der Waals surface area contributed by atoms with Gasteiger partial charge in [-0.1, -0.05) is 6.07 Å². The Bertz CT molecular complexity index is 778. The molecule has 0 radical (unpaired) electrons. The summed E-state index contributed by atoms with van der Waals surface area (Å²) in [6.45, 7) is 1.49. The Hall–Kier alpha value is -2.76. The Morgan fingerprint density at radius 2 is 1.88 bits per heavy atom. The van der Waals surface area contributed by atoms with Crippen molar-refractivity contribution in [3.05, 3.63) is 47.8 Å². The van der Waals surface area contributed by atoms with Gasteiger partial charge in [0.05, 0.1) is 33.1 Å². The summed E-state index contributed by atoms with van der Waals surface area (Å²) in [5, 5.41) is 0. The molecule has 1 amide bonds. The Morgan fingerprint density at radius 1 is 1.12 bits per heavy atom. The van der Waals surface area contributed by atoms with Gasteiger partial charge < -0.3 is 19.1 Å². The van der Waals surface area contributed by atoms with Crippen molar-refractivity contribution in [2.45, 2.75) is 12.8 Å². The molecular formula is C20H24N2O4. The fraction of sp³-hybridized carbons (Fsp3) is 0.400. The van der Waals surface area contributed by atoms with Crippen LogP contribution in [0.3, 0.4) is 0 Å². The lowest BCUT2D eigenvalue weighted by atomic mass is 9.98. The summed E-state index contributed by atoms with van der Waals surface area (Å²) < 4.78 is 15.9. The third-order valence-electron chi connectivity index (χ3n) is 4.78. The first-order valence-electron chi connectivity index (χ1n) is 8.64. The van der Waals surface area contributed by atoms with Crippen molar-refractivity contribution in [1.82, 2.24) is 9.88 Å². The smallest absolute Gasteiger partial charge is 0.257 e. The van der Waals surface area contributed by atoms with Crippen molar-refractivity contribution in [3.8, 4) is 17.2 Å². The van der Waals surface area contributed by atoms with E-state index < -0.39 is 0 Å². The lowest BCUT2D eigenvalue weighted by Crippen LogP contribution is -2.29. The van der Waals surface area contributed by atoms with Gasteiger partial charge in [0.15, 0.2) is 11.5 Å². The zero-order chi connectivity index (χ0) is 18.5. The van der Waals surface area contributed by atoms with Crippen LogP contribution >= 0.6 is 0 Å². The molecule has 1 saturated heterocycles. The molecule has 1 aliphatic rings. The maximum Gasteiger partial charge on any atom is 0.257 e. The van der Waals surface area contributed by atoms with Gasteiger partial charge in [0.2, 0.25) is 0 Å². The van der Waals surface area contributed by atoms with Gasteiger partial charge >= 0.3 is 0 Å². The molecule has 1 aromatic carbocycles. The van der Waals surface area contributed by atoms with E-state index >= 15 is 0 Å². The van der Waals surface area contributed by atoms with Crippen molar-refractivity contribution in [2.75, 3.05) is 34.4 Å². The predicted molar refractivity (Wildman–Crippen MR) is 98.0 cm³/mol. The highest BCUT2D eigenvalue weighted by Gasteiger charge is 2.28. The highest BCUT2D eigenvalue weighted by Crippen LogP contribution is 2.30. The van der Waals surface area contributed by atoms with E-state index in [0.717, 1.165) is 37.4 Å². The van der Waals surface area contributed by atoms with Gasteiger partial charge in [0.1, 0.15) is 5.75 Å². The highest BCUT2D eigenvalue weighted by atomic mass is 16.5. The van der Waals surface area contributed by atoms with Crippen LogP contribution in [0.1, 0.15) is 22.3 Å². The lowest BCUT2D eigenvalue weighted by molar-refractivity contribution is 0.0783. The van der Waals surface area contributed by atoms with Crippen LogP contribution in [0.5, 0.6) is 17.2 Å².